The number of aliphatic carboxylic acids is 2. The van der Waals surface area contributed by atoms with E-state index in [9.17, 15) is 63.0 Å². The van der Waals surface area contributed by atoms with Gasteiger partial charge >= 0.3 is 11.9 Å². The van der Waals surface area contributed by atoms with Crippen molar-refractivity contribution in [3.8, 4) is 0 Å². The number of carboxylic acid groups (broad SMARTS) is 2. The molecular formula is C48H91N15O13. The van der Waals surface area contributed by atoms with Crippen molar-refractivity contribution in [2.24, 2.45) is 46.1 Å². The summed E-state index contributed by atoms with van der Waals surface area (Å²) in [6.45, 7) is 6.14. The van der Waals surface area contributed by atoms with Crippen LogP contribution in [0, 0.1) is 5.92 Å². The van der Waals surface area contributed by atoms with Crippen LogP contribution in [0.5, 0.6) is 0 Å². The number of hydrogen-bond acceptors (Lipinski definition) is 17. The maximum Gasteiger partial charge on any atom is 0.326 e. The Morgan fingerprint density at radius 1 is 0.382 bits per heavy atom. The minimum atomic E-state index is -1.74. The first-order valence-electron chi connectivity index (χ1n) is 26.4. The molecule has 24 N–H and O–H groups in total. The lowest BCUT2D eigenvalue weighted by Crippen LogP contribution is -2.60. The van der Waals surface area contributed by atoms with Crippen molar-refractivity contribution in [2.45, 2.75) is 197 Å². The summed E-state index contributed by atoms with van der Waals surface area (Å²) >= 11 is 0. The van der Waals surface area contributed by atoms with Crippen molar-refractivity contribution >= 4 is 65.1 Å². The Hall–Kier alpha value is -6.07. The zero-order chi connectivity index (χ0) is 57.8. The summed E-state index contributed by atoms with van der Waals surface area (Å²) in [5, 5.41) is 39.7. The third-order valence-corrected chi connectivity index (χ3v) is 12.0. The molecule has 9 amide bonds. The first-order chi connectivity index (χ1) is 36.0. The van der Waals surface area contributed by atoms with Crippen LogP contribution in [0.4, 0.5) is 0 Å². The summed E-state index contributed by atoms with van der Waals surface area (Å²) in [6.07, 6.45) is 3.04. The molecule has 9 atom stereocenters. The SMILES string of the molecule is CC(C)C[C@H](NC(=O)[C@H](CCCCN)NC(=O)[C@H](CCCCN)NC(=O)[C@H](CCCCN)NC(=O)[C@H](CCCCN)NC(=O)[C@H](C)NC(=O)[C@@H](N)CCC(N)=O)C(=O)N[C@@H](CC(=O)O)C(=O)N[C@@H](CCCCN)C(=O)O. The molecule has 0 rings (SSSR count). The van der Waals surface area contributed by atoms with Gasteiger partial charge in [-0.2, -0.15) is 0 Å². The smallest absolute Gasteiger partial charge is 0.326 e. The highest BCUT2D eigenvalue weighted by atomic mass is 16.4. The molecule has 0 aromatic heterocycles. The van der Waals surface area contributed by atoms with E-state index in [1.54, 1.807) is 13.8 Å². The summed E-state index contributed by atoms with van der Waals surface area (Å²) in [7, 11) is 0. The summed E-state index contributed by atoms with van der Waals surface area (Å²) in [4.78, 5) is 145. The van der Waals surface area contributed by atoms with Gasteiger partial charge in [0.05, 0.1) is 12.5 Å². The molecular weight excluding hydrogens is 995 g/mol. The van der Waals surface area contributed by atoms with Crippen LogP contribution in [0.25, 0.3) is 0 Å². The van der Waals surface area contributed by atoms with E-state index in [2.05, 4.69) is 42.5 Å². The van der Waals surface area contributed by atoms with Gasteiger partial charge in [-0.05, 0) is 155 Å². The molecule has 0 aromatic rings. The Morgan fingerprint density at radius 3 is 1.01 bits per heavy atom. The van der Waals surface area contributed by atoms with Gasteiger partial charge in [-0.1, -0.05) is 13.8 Å². The third-order valence-electron chi connectivity index (χ3n) is 12.0. The maximum atomic E-state index is 14.3. The van der Waals surface area contributed by atoms with E-state index in [4.69, 9.17) is 40.1 Å². The third kappa shape index (κ3) is 30.5. The van der Waals surface area contributed by atoms with Gasteiger partial charge in [-0.3, -0.25) is 47.9 Å². The van der Waals surface area contributed by atoms with E-state index < -0.39 is 126 Å². The number of carbonyl (C=O) groups excluding carboxylic acids is 9. The second-order valence-electron chi connectivity index (χ2n) is 19.3. The van der Waals surface area contributed by atoms with E-state index in [1.165, 1.54) is 6.92 Å². The molecule has 0 saturated carbocycles. The molecule has 0 radical (unpaired) electrons. The number of carbonyl (C=O) groups is 11. The quantitative estimate of drug-likeness (QED) is 0.0257. The molecule has 28 heteroatoms. The second-order valence-corrected chi connectivity index (χ2v) is 19.3. The molecule has 0 saturated heterocycles. The average molecular weight is 1090 g/mol. The molecule has 0 bridgehead atoms. The highest BCUT2D eigenvalue weighted by Gasteiger charge is 2.35. The van der Waals surface area contributed by atoms with E-state index in [1.807, 2.05) is 0 Å². The fraction of sp³-hybridized carbons (Fsp3) is 0.771. The van der Waals surface area contributed by atoms with Crippen molar-refractivity contribution in [3.05, 3.63) is 0 Å². The Labute approximate surface area is 445 Å². The van der Waals surface area contributed by atoms with E-state index in [-0.39, 0.29) is 90.0 Å². The molecule has 0 unspecified atom stereocenters. The molecule has 436 valence electrons. The predicted molar refractivity (Wildman–Crippen MR) is 281 cm³/mol. The van der Waals surface area contributed by atoms with Crippen LogP contribution < -0.4 is 82.7 Å². The fourth-order valence-corrected chi connectivity index (χ4v) is 7.63. The van der Waals surface area contributed by atoms with Gasteiger partial charge in [0.25, 0.3) is 0 Å². The largest absolute Gasteiger partial charge is 0.481 e. The Balaban J connectivity index is 6.73. The fourth-order valence-electron chi connectivity index (χ4n) is 7.63. The summed E-state index contributed by atoms with van der Waals surface area (Å²) in [6, 6.07) is -12.0. The topological polar surface area (TPSA) is 507 Å². The lowest BCUT2D eigenvalue weighted by atomic mass is 10.0. The van der Waals surface area contributed by atoms with Crippen molar-refractivity contribution < 1.29 is 63.0 Å². The maximum absolute atomic E-state index is 14.3. The van der Waals surface area contributed by atoms with Crippen LogP contribution in [-0.4, -0.2) is 162 Å². The zero-order valence-electron chi connectivity index (χ0n) is 44.7. The van der Waals surface area contributed by atoms with Crippen LogP contribution in [0.2, 0.25) is 0 Å². The minimum Gasteiger partial charge on any atom is -0.481 e. The van der Waals surface area contributed by atoms with Gasteiger partial charge in [-0.25, -0.2) is 4.79 Å². The van der Waals surface area contributed by atoms with E-state index >= 15 is 0 Å². The van der Waals surface area contributed by atoms with Crippen LogP contribution in [0.1, 0.15) is 143 Å². The van der Waals surface area contributed by atoms with Gasteiger partial charge in [0.15, 0.2) is 0 Å². The molecule has 0 heterocycles. The number of unbranched alkanes of at least 4 members (excludes halogenated alkanes) is 5. The predicted octanol–water partition coefficient (Wildman–Crippen LogP) is -4.27. The molecule has 0 aliphatic rings. The summed E-state index contributed by atoms with van der Waals surface area (Å²) in [5.41, 5.74) is 39.5. The van der Waals surface area contributed by atoms with Gasteiger partial charge in [-0.15, -0.1) is 0 Å². The number of carboxylic acids is 2. The average Bonchev–Trinajstić information content (AvgIpc) is 3.35. The number of amides is 9. The molecule has 0 aromatic carbocycles. The van der Waals surface area contributed by atoms with Crippen molar-refractivity contribution in [3.63, 3.8) is 0 Å². The Morgan fingerprint density at radius 2 is 0.684 bits per heavy atom. The van der Waals surface area contributed by atoms with Gasteiger partial charge in [0, 0.05) is 6.42 Å². The zero-order valence-corrected chi connectivity index (χ0v) is 44.7. The second kappa shape index (κ2) is 40.2. The molecule has 0 spiro atoms. The summed E-state index contributed by atoms with van der Waals surface area (Å²) < 4.78 is 0. The first-order valence-corrected chi connectivity index (χ1v) is 26.4. The molecule has 28 nitrogen and oxygen atoms in total. The molecule has 0 aliphatic heterocycles. The summed E-state index contributed by atoms with van der Waals surface area (Å²) in [5.74, 6) is -10.5. The number of hydrogen-bond donors (Lipinski definition) is 17. The standard InChI is InChI=1S/C48H91N15O13/c1-28(2)26-36(46(73)63-37(27-39(65)66)47(74)61-35(48(75)76)18-8-13-25-53)62-45(72)34(17-7-12-24-52)60-44(71)33(16-6-11-23-51)59-43(70)32(15-5-10-22-50)58-42(69)31(14-4-9-21-49)57-40(67)29(3)56-41(68)30(54)19-20-38(55)64/h28-37H,4-27,49-54H2,1-3H3,(H2,55,64)(H,56,68)(H,57,67)(H,58,69)(H,59,70)(H,60,71)(H,61,74)(H,62,72)(H,63,73)(H,65,66)(H,75,76)/t29-,30-,31-,32-,33-,34-,35-,36-,37-/m0/s1. The molecule has 0 aliphatic carbocycles. The monoisotopic (exact) mass is 1090 g/mol. The number of primary amides is 1. The number of nitrogens with one attached hydrogen (secondary N) is 8. The van der Waals surface area contributed by atoms with Crippen LogP contribution >= 0.6 is 0 Å². The van der Waals surface area contributed by atoms with Crippen molar-refractivity contribution in [2.75, 3.05) is 32.7 Å². The van der Waals surface area contributed by atoms with Crippen LogP contribution in [-0.2, 0) is 52.7 Å². The molecule has 76 heavy (non-hydrogen) atoms. The normalized spacial score (nSPS) is 14.7. The van der Waals surface area contributed by atoms with Crippen molar-refractivity contribution in [1.29, 1.82) is 0 Å². The van der Waals surface area contributed by atoms with E-state index in [0.29, 0.717) is 64.2 Å². The molecule has 0 fully saturated rings. The van der Waals surface area contributed by atoms with Crippen molar-refractivity contribution in [1.82, 2.24) is 42.5 Å². The highest BCUT2D eigenvalue weighted by Crippen LogP contribution is 2.12. The highest BCUT2D eigenvalue weighted by molar-refractivity contribution is 5.98. The number of nitrogens with two attached hydrogens (primary N) is 7. The van der Waals surface area contributed by atoms with Crippen LogP contribution in [0.3, 0.4) is 0 Å². The van der Waals surface area contributed by atoms with Gasteiger partial charge in [0.1, 0.15) is 48.3 Å². The Kier molecular flexibility index (Phi) is 37.0. The van der Waals surface area contributed by atoms with E-state index in [0.717, 1.165) is 0 Å². The van der Waals surface area contributed by atoms with Crippen LogP contribution in [0.15, 0.2) is 0 Å². The first kappa shape index (κ1) is 69.9. The lowest BCUT2D eigenvalue weighted by Gasteiger charge is -2.28. The number of rotatable bonds is 44. The van der Waals surface area contributed by atoms with Gasteiger partial charge < -0.3 is 92.9 Å². The lowest BCUT2D eigenvalue weighted by molar-refractivity contribution is -0.144. The van der Waals surface area contributed by atoms with Gasteiger partial charge in [0.2, 0.25) is 53.2 Å². The Bertz CT molecular complexity index is 1850. The minimum absolute atomic E-state index is 0.0124.